The third-order valence-electron chi connectivity index (χ3n) is 8.58. The first-order chi connectivity index (χ1) is 23.3. The van der Waals surface area contributed by atoms with Crippen LogP contribution in [0.15, 0.2) is 71.6 Å². The lowest BCUT2D eigenvalue weighted by molar-refractivity contribution is -0.00833. The van der Waals surface area contributed by atoms with Crippen LogP contribution < -0.4 is 15.4 Å². The number of amides is 3. The number of benzene rings is 3. The van der Waals surface area contributed by atoms with E-state index in [-0.39, 0.29) is 42.2 Å². The first kappa shape index (κ1) is 37.8. The summed E-state index contributed by atoms with van der Waals surface area (Å²) < 4.78 is 54.1. The summed E-state index contributed by atoms with van der Waals surface area (Å²) >= 11 is 0. The molecular formula is C36H47FN4O7S. The highest BCUT2D eigenvalue weighted by Crippen LogP contribution is 2.29. The summed E-state index contributed by atoms with van der Waals surface area (Å²) in [5.41, 5.74) is 1.84. The van der Waals surface area contributed by atoms with Gasteiger partial charge in [0.2, 0.25) is 10.0 Å². The molecule has 0 bridgehead atoms. The first-order valence-corrected chi connectivity index (χ1v) is 17.9. The van der Waals surface area contributed by atoms with Gasteiger partial charge in [0.1, 0.15) is 11.6 Å². The fourth-order valence-corrected chi connectivity index (χ4v) is 6.71. The number of aliphatic hydroxyl groups excluding tert-OH is 1. The molecule has 49 heavy (non-hydrogen) atoms. The second-order valence-corrected chi connectivity index (χ2v) is 14.7. The maximum absolute atomic E-state index is 14.3. The van der Waals surface area contributed by atoms with E-state index in [9.17, 15) is 27.5 Å². The lowest BCUT2D eigenvalue weighted by Crippen LogP contribution is -2.48. The highest BCUT2D eigenvalue weighted by molar-refractivity contribution is 7.89. The zero-order valence-corrected chi connectivity index (χ0v) is 29.5. The second-order valence-electron chi connectivity index (χ2n) is 12.7. The van der Waals surface area contributed by atoms with Gasteiger partial charge in [0.25, 0.3) is 5.91 Å². The third kappa shape index (κ3) is 10.2. The third-order valence-corrected chi connectivity index (χ3v) is 10.4. The number of urea groups is 1. The van der Waals surface area contributed by atoms with Crippen LogP contribution in [0, 0.1) is 18.7 Å². The van der Waals surface area contributed by atoms with E-state index in [1.54, 1.807) is 43.3 Å². The van der Waals surface area contributed by atoms with Gasteiger partial charge in [-0.05, 0) is 94.6 Å². The molecule has 0 spiro atoms. The van der Waals surface area contributed by atoms with Crippen molar-refractivity contribution in [2.45, 2.75) is 70.1 Å². The number of aryl methyl sites for hydroxylation is 1. The summed E-state index contributed by atoms with van der Waals surface area (Å²) in [6, 6.07) is 15.6. The number of rotatable bonds is 8. The Balaban J connectivity index is 1.62. The van der Waals surface area contributed by atoms with Crippen molar-refractivity contribution in [3.8, 4) is 5.75 Å². The summed E-state index contributed by atoms with van der Waals surface area (Å²) in [6.45, 7) is 7.68. The number of nitrogens with zero attached hydrogens (tertiary/aromatic N) is 2. The monoisotopic (exact) mass is 698 g/mol. The molecular weight excluding hydrogens is 651 g/mol. The number of fused-ring (bicyclic) bond motifs is 1. The lowest BCUT2D eigenvalue weighted by Gasteiger charge is -2.35. The van der Waals surface area contributed by atoms with Crippen molar-refractivity contribution in [2.75, 3.05) is 44.0 Å². The van der Waals surface area contributed by atoms with E-state index in [1.807, 2.05) is 20.8 Å². The van der Waals surface area contributed by atoms with Gasteiger partial charge in [-0.25, -0.2) is 17.6 Å². The number of carbonyl (C=O) groups excluding carboxylic acids is 2. The number of halogens is 1. The maximum Gasteiger partial charge on any atom is 0.323 e. The maximum atomic E-state index is 14.3. The van der Waals surface area contributed by atoms with Crippen LogP contribution >= 0.6 is 0 Å². The predicted octanol–water partition coefficient (Wildman–Crippen LogP) is 5.89. The summed E-state index contributed by atoms with van der Waals surface area (Å²) in [7, 11) is -2.29. The summed E-state index contributed by atoms with van der Waals surface area (Å²) in [4.78, 5) is 28.8. The van der Waals surface area contributed by atoms with Crippen molar-refractivity contribution in [1.82, 2.24) is 9.21 Å². The molecule has 3 N–H and O–H groups in total. The number of hydrogen-bond acceptors (Lipinski definition) is 7. The summed E-state index contributed by atoms with van der Waals surface area (Å²) in [6.07, 6.45) is 1.36. The van der Waals surface area contributed by atoms with E-state index >= 15 is 0 Å². The van der Waals surface area contributed by atoms with Crippen molar-refractivity contribution >= 4 is 33.3 Å². The van der Waals surface area contributed by atoms with Crippen LogP contribution in [-0.2, 0) is 14.8 Å². The highest BCUT2D eigenvalue weighted by atomic mass is 32.2. The van der Waals surface area contributed by atoms with Crippen LogP contribution in [-0.4, -0.2) is 86.3 Å². The number of carbonyl (C=O) groups is 2. The molecule has 0 aliphatic carbocycles. The number of anilines is 2. The summed E-state index contributed by atoms with van der Waals surface area (Å²) in [5, 5.41) is 15.6. The van der Waals surface area contributed by atoms with E-state index in [1.165, 1.54) is 46.6 Å². The molecule has 0 unspecified atom stereocenters. The number of hydrogen-bond donors (Lipinski definition) is 3. The van der Waals surface area contributed by atoms with E-state index < -0.39 is 39.9 Å². The van der Waals surface area contributed by atoms with Crippen LogP contribution in [0.1, 0.15) is 56.0 Å². The van der Waals surface area contributed by atoms with E-state index in [0.29, 0.717) is 30.2 Å². The molecule has 4 atom stereocenters. The Morgan fingerprint density at radius 2 is 1.69 bits per heavy atom. The predicted molar refractivity (Wildman–Crippen MR) is 187 cm³/mol. The van der Waals surface area contributed by atoms with Crippen molar-refractivity contribution in [3.05, 3.63) is 83.7 Å². The normalized spacial score (nSPS) is 20.1. The molecule has 3 aromatic rings. The minimum Gasteiger partial charge on any atom is -0.490 e. The van der Waals surface area contributed by atoms with Gasteiger partial charge in [-0.3, -0.25) is 4.79 Å². The minimum absolute atomic E-state index is 0.0558. The van der Waals surface area contributed by atoms with Gasteiger partial charge in [0.15, 0.2) is 0 Å². The number of nitrogens with one attached hydrogen (secondary N) is 2. The van der Waals surface area contributed by atoms with Gasteiger partial charge >= 0.3 is 6.03 Å². The largest absolute Gasteiger partial charge is 0.490 e. The number of sulfonamides is 1. The fourth-order valence-electron chi connectivity index (χ4n) is 5.53. The minimum atomic E-state index is -3.81. The SMILES string of the molecule is Cc1ccc(S(=O)(=O)N(C)C[C@@H]2OCCCC[C@H](C)Oc3ccc(NC(=O)Nc4ccc(F)cc4)cc3C(=O)N([C@@H](C)CO)C[C@@H]2C)cc1. The number of ether oxygens (including phenoxy) is 2. The molecule has 266 valence electrons. The Morgan fingerprint density at radius 3 is 2.37 bits per heavy atom. The molecule has 3 amide bonds. The smallest absolute Gasteiger partial charge is 0.323 e. The van der Waals surface area contributed by atoms with Crippen LogP contribution in [0.2, 0.25) is 0 Å². The Morgan fingerprint density at radius 1 is 1.04 bits per heavy atom. The molecule has 0 saturated carbocycles. The van der Waals surface area contributed by atoms with E-state index in [4.69, 9.17) is 9.47 Å². The first-order valence-electron chi connectivity index (χ1n) is 16.5. The van der Waals surface area contributed by atoms with Crippen LogP contribution in [0.25, 0.3) is 0 Å². The molecule has 0 fully saturated rings. The lowest BCUT2D eigenvalue weighted by atomic mass is 10.0. The van der Waals surface area contributed by atoms with Gasteiger partial charge in [0.05, 0.1) is 35.3 Å². The highest BCUT2D eigenvalue weighted by Gasteiger charge is 2.32. The Bertz CT molecular complexity index is 1670. The van der Waals surface area contributed by atoms with Crippen molar-refractivity contribution in [2.24, 2.45) is 5.92 Å². The Kier molecular flexibility index (Phi) is 13.2. The van der Waals surface area contributed by atoms with Gasteiger partial charge in [-0.1, -0.05) is 24.6 Å². The number of aliphatic hydroxyl groups is 1. The van der Waals surface area contributed by atoms with Gasteiger partial charge in [-0.2, -0.15) is 4.31 Å². The molecule has 13 heteroatoms. The Labute approximate surface area is 288 Å². The van der Waals surface area contributed by atoms with Gasteiger partial charge in [0, 0.05) is 44.0 Å². The van der Waals surface area contributed by atoms with E-state index in [0.717, 1.165) is 18.4 Å². The van der Waals surface area contributed by atoms with Gasteiger partial charge in [-0.15, -0.1) is 0 Å². The fraction of sp³-hybridized carbons (Fsp3) is 0.444. The molecule has 3 aromatic carbocycles. The zero-order chi connectivity index (χ0) is 35.7. The topological polar surface area (TPSA) is 138 Å². The molecule has 0 radical (unpaired) electrons. The van der Waals surface area contributed by atoms with Crippen LogP contribution in [0.4, 0.5) is 20.6 Å². The molecule has 0 aromatic heterocycles. The molecule has 11 nitrogen and oxygen atoms in total. The zero-order valence-electron chi connectivity index (χ0n) is 28.7. The Hall–Kier alpha value is -4.04. The summed E-state index contributed by atoms with van der Waals surface area (Å²) in [5.74, 6) is -0.881. The second kappa shape index (κ2) is 17.1. The average molecular weight is 699 g/mol. The molecule has 1 aliphatic heterocycles. The van der Waals surface area contributed by atoms with Crippen molar-refractivity contribution in [1.29, 1.82) is 0 Å². The molecule has 0 saturated heterocycles. The number of likely N-dealkylation sites (N-methyl/N-ethyl adjacent to an activating group) is 1. The molecule has 4 rings (SSSR count). The van der Waals surface area contributed by atoms with Crippen molar-refractivity contribution in [3.63, 3.8) is 0 Å². The quantitative estimate of drug-likeness (QED) is 0.267. The standard InChI is InChI=1S/C36H47FN4O7S/c1-24-9-16-31(17-10-24)49(45,46)40(5)22-34-25(2)21-41(26(3)23-42)35(43)32-20-30(39-36(44)38-29-13-11-28(37)12-14-29)15-18-33(32)48-27(4)8-6-7-19-47-34/h9-18,20,25-27,34,42H,6-8,19,21-23H2,1-5H3,(H2,38,39,44)/t25-,26-,27-,34-/m0/s1. The van der Waals surface area contributed by atoms with Crippen molar-refractivity contribution < 1.29 is 37.0 Å². The average Bonchev–Trinajstić information content (AvgIpc) is 3.07. The van der Waals surface area contributed by atoms with Gasteiger partial charge < -0.3 is 30.1 Å². The molecule has 1 heterocycles. The van der Waals surface area contributed by atoms with E-state index in [2.05, 4.69) is 10.6 Å². The van der Waals surface area contributed by atoms with Crippen LogP contribution in [0.3, 0.4) is 0 Å². The van der Waals surface area contributed by atoms with Crippen LogP contribution in [0.5, 0.6) is 5.75 Å². The molecule has 1 aliphatic rings.